The van der Waals surface area contributed by atoms with Gasteiger partial charge in [-0.25, -0.2) is 4.68 Å². The maximum absolute atomic E-state index is 4.04. The van der Waals surface area contributed by atoms with E-state index in [1.807, 2.05) is 11.7 Å². The molecule has 92 valence electrons. The minimum Gasteiger partial charge on any atom is -0.309 e. The van der Waals surface area contributed by atoms with E-state index >= 15 is 0 Å². The molecule has 0 aromatic carbocycles. The van der Waals surface area contributed by atoms with Crippen molar-refractivity contribution in [2.45, 2.75) is 45.6 Å². The highest BCUT2D eigenvalue weighted by atomic mass is 79.9. The monoisotopic (exact) mass is 288 g/mol. The van der Waals surface area contributed by atoms with Crippen molar-refractivity contribution in [1.29, 1.82) is 0 Å². The number of unbranched alkanes of at least 4 members (excludes halogenated alkanes) is 2. The SMILES string of the molecule is CCCCCC(NCC)c1c(Br)nnn1C. The standard InChI is InChI=1S/C11H21BrN4/c1-4-6-7-8-9(13-5-2)10-11(12)14-15-16(10)3/h9,13H,4-8H2,1-3H3. The Balaban J connectivity index is 2.68. The van der Waals surface area contributed by atoms with Gasteiger partial charge in [0.2, 0.25) is 0 Å². The zero-order valence-corrected chi connectivity index (χ0v) is 11.9. The fourth-order valence-corrected chi connectivity index (χ4v) is 2.49. The summed E-state index contributed by atoms with van der Waals surface area (Å²) in [5.41, 5.74) is 1.15. The Morgan fingerprint density at radius 2 is 2.12 bits per heavy atom. The Hall–Kier alpha value is -0.420. The third kappa shape index (κ3) is 3.56. The first kappa shape index (κ1) is 13.6. The molecule has 0 aliphatic heterocycles. The number of rotatable bonds is 7. The van der Waals surface area contributed by atoms with Crippen molar-refractivity contribution in [2.24, 2.45) is 7.05 Å². The zero-order chi connectivity index (χ0) is 12.0. The highest BCUT2D eigenvalue weighted by molar-refractivity contribution is 9.10. The lowest BCUT2D eigenvalue weighted by Gasteiger charge is -2.17. The van der Waals surface area contributed by atoms with E-state index in [0.717, 1.165) is 23.3 Å². The van der Waals surface area contributed by atoms with Crippen molar-refractivity contribution in [3.8, 4) is 0 Å². The first-order valence-electron chi connectivity index (χ1n) is 5.99. The minimum atomic E-state index is 0.353. The molecule has 0 aliphatic rings. The van der Waals surface area contributed by atoms with Crippen molar-refractivity contribution >= 4 is 15.9 Å². The summed E-state index contributed by atoms with van der Waals surface area (Å²) in [6.07, 6.45) is 4.92. The van der Waals surface area contributed by atoms with Gasteiger partial charge in [-0.15, -0.1) is 5.10 Å². The molecule has 4 nitrogen and oxygen atoms in total. The van der Waals surface area contributed by atoms with Crippen LogP contribution in [-0.2, 0) is 7.05 Å². The molecule has 0 amide bonds. The second-order valence-electron chi connectivity index (χ2n) is 4.00. The van der Waals surface area contributed by atoms with Crippen LogP contribution >= 0.6 is 15.9 Å². The lowest BCUT2D eigenvalue weighted by atomic mass is 10.1. The van der Waals surface area contributed by atoms with Gasteiger partial charge in [-0.3, -0.25) is 0 Å². The van der Waals surface area contributed by atoms with Gasteiger partial charge < -0.3 is 5.32 Å². The topological polar surface area (TPSA) is 42.7 Å². The number of nitrogens with zero attached hydrogens (tertiary/aromatic N) is 3. The molecule has 1 aromatic heterocycles. The lowest BCUT2D eigenvalue weighted by Crippen LogP contribution is -2.23. The number of hydrogen-bond donors (Lipinski definition) is 1. The molecule has 0 saturated carbocycles. The van der Waals surface area contributed by atoms with Crippen LogP contribution in [0.2, 0.25) is 0 Å². The molecule has 0 aliphatic carbocycles. The summed E-state index contributed by atoms with van der Waals surface area (Å²) >= 11 is 3.46. The summed E-state index contributed by atoms with van der Waals surface area (Å²) in [4.78, 5) is 0. The third-order valence-corrected chi connectivity index (χ3v) is 3.27. The van der Waals surface area contributed by atoms with Crippen LogP contribution in [0.25, 0.3) is 0 Å². The number of halogens is 1. The molecule has 0 fully saturated rings. The summed E-state index contributed by atoms with van der Waals surface area (Å²) in [6, 6.07) is 0.353. The van der Waals surface area contributed by atoms with Crippen LogP contribution in [-0.4, -0.2) is 21.5 Å². The quantitative estimate of drug-likeness (QED) is 0.785. The maximum Gasteiger partial charge on any atom is 0.153 e. The highest BCUT2D eigenvalue weighted by Gasteiger charge is 2.18. The molecular formula is C11H21BrN4. The summed E-state index contributed by atoms with van der Waals surface area (Å²) in [6.45, 7) is 5.32. The van der Waals surface area contributed by atoms with Crippen molar-refractivity contribution in [3.63, 3.8) is 0 Å². The molecule has 0 saturated heterocycles. The highest BCUT2D eigenvalue weighted by Crippen LogP contribution is 2.24. The average molecular weight is 289 g/mol. The largest absolute Gasteiger partial charge is 0.309 e. The van der Waals surface area contributed by atoms with Gasteiger partial charge in [0, 0.05) is 7.05 Å². The summed E-state index contributed by atoms with van der Waals surface area (Å²) in [7, 11) is 1.94. The lowest BCUT2D eigenvalue weighted by molar-refractivity contribution is 0.456. The molecule has 5 heteroatoms. The Morgan fingerprint density at radius 3 is 2.62 bits per heavy atom. The molecule has 1 N–H and O–H groups in total. The van der Waals surface area contributed by atoms with E-state index in [1.165, 1.54) is 19.3 Å². The summed E-state index contributed by atoms with van der Waals surface area (Å²) < 4.78 is 2.71. The molecule has 1 rings (SSSR count). The predicted octanol–water partition coefficient (Wildman–Crippen LogP) is 2.81. The average Bonchev–Trinajstić information content (AvgIpc) is 2.58. The van der Waals surface area contributed by atoms with Gasteiger partial charge in [0.1, 0.15) is 0 Å². The van der Waals surface area contributed by atoms with Gasteiger partial charge in [0.05, 0.1) is 11.7 Å². The number of aromatic nitrogens is 3. The molecule has 0 radical (unpaired) electrons. The fraction of sp³-hybridized carbons (Fsp3) is 0.818. The van der Waals surface area contributed by atoms with Gasteiger partial charge in [-0.05, 0) is 28.9 Å². The van der Waals surface area contributed by atoms with Crippen LogP contribution in [0.4, 0.5) is 0 Å². The van der Waals surface area contributed by atoms with Crippen molar-refractivity contribution in [1.82, 2.24) is 20.3 Å². The van der Waals surface area contributed by atoms with E-state index in [4.69, 9.17) is 0 Å². The maximum atomic E-state index is 4.04. The van der Waals surface area contributed by atoms with Crippen molar-refractivity contribution in [2.75, 3.05) is 6.54 Å². The Morgan fingerprint density at radius 1 is 1.38 bits per heavy atom. The summed E-state index contributed by atoms with van der Waals surface area (Å²) in [5.74, 6) is 0. The fourth-order valence-electron chi connectivity index (χ4n) is 1.89. The Kier molecular flexibility index (Phi) is 5.98. The van der Waals surface area contributed by atoms with Gasteiger partial charge >= 0.3 is 0 Å². The van der Waals surface area contributed by atoms with E-state index in [1.54, 1.807) is 0 Å². The smallest absolute Gasteiger partial charge is 0.153 e. The predicted molar refractivity (Wildman–Crippen MR) is 69.3 cm³/mol. The van der Waals surface area contributed by atoms with Gasteiger partial charge in [0.15, 0.2) is 4.60 Å². The van der Waals surface area contributed by atoms with Crippen LogP contribution in [0.5, 0.6) is 0 Å². The normalized spacial score (nSPS) is 13.0. The van der Waals surface area contributed by atoms with Gasteiger partial charge in [-0.1, -0.05) is 38.3 Å². The van der Waals surface area contributed by atoms with Gasteiger partial charge in [-0.2, -0.15) is 0 Å². The Bertz CT molecular complexity index is 291. The molecule has 1 unspecified atom stereocenters. The zero-order valence-electron chi connectivity index (χ0n) is 10.3. The van der Waals surface area contributed by atoms with Crippen molar-refractivity contribution < 1.29 is 0 Å². The number of nitrogens with one attached hydrogen (secondary N) is 1. The van der Waals surface area contributed by atoms with E-state index in [-0.39, 0.29) is 0 Å². The molecule has 0 spiro atoms. The second-order valence-corrected chi connectivity index (χ2v) is 4.75. The van der Waals surface area contributed by atoms with Crippen molar-refractivity contribution in [3.05, 3.63) is 10.3 Å². The van der Waals surface area contributed by atoms with Crippen LogP contribution in [0.1, 0.15) is 51.3 Å². The molecule has 0 bridgehead atoms. The first-order chi connectivity index (χ1) is 7.70. The Labute approximate surface area is 106 Å². The van der Waals surface area contributed by atoms with E-state index in [0.29, 0.717) is 6.04 Å². The molecular weight excluding hydrogens is 268 g/mol. The number of aryl methyl sites for hydroxylation is 1. The molecule has 1 atom stereocenters. The van der Waals surface area contributed by atoms with Gasteiger partial charge in [0.25, 0.3) is 0 Å². The number of hydrogen-bond acceptors (Lipinski definition) is 3. The molecule has 16 heavy (non-hydrogen) atoms. The minimum absolute atomic E-state index is 0.353. The molecule has 1 aromatic rings. The van der Waals surface area contributed by atoms with E-state index < -0.39 is 0 Å². The van der Waals surface area contributed by atoms with Crippen LogP contribution in [0, 0.1) is 0 Å². The first-order valence-corrected chi connectivity index (χ1v) is 6.78. The summed E-state index contributed by atoms with van der Waals surface area (Å²) in [5, 5.41) is 11.6. The molecule has 1 heterocycles. The van der Waals surface area contributed by atoms with E-state index in [2.05, 4.69) is 45.4 Å². The van der Waals surface area contributed by atoms with Crippen LogP contribution < -0.4 is 5.32 Å². The third-order valence-electron chi connectivity index (χ3n) is 2.70. The van der Waals surface area contributed by atoms with E-state index in [9.17, 15) is 0 Å². The second kappa shape index (κ2) is 7.01. The van der Waals surface area contributed by atoms with Crippen LogP contribution in [0.3, 0.4) is 0 Å². The van der Waals surface area contributed by atoms with Crippen LogP contribution in [0.15, 0.2) is 4.60 Å².